The number of benzene rings is 5. The molecule has 5 aromatic rings. The summed E-state index contributed by atoms with van der Waals surface area (Å²) >= 11 is 0. The van der Waals surface area contributed by atoms with Crippen LogP contribution in [0.3, 0.4) is 0 Å². The van der Waals surface area contributed by atoms with E-state index in [2.05, 4.69) is 148 Å². The topological polar surface area (TPSA) is 35.1 Å². The van der Waals surface area contributed by atoms with Crippen LogP contribution in [0.25, 0.3) is 22.3 Å². The Labute approximate surface area is 218 Å². The molecule has 6 rings (SSSR count). The van der Waals surface area contributed by atoms with Crippen LogP contribution >= 0.6 is 0 Å². The van der Waals surface area contributed by atoms with Gasteiger partial charge >= 0.3 is 0 Å². The highest BCUT2D eigenvalue weighted by Crippen LogP contribution is 2.28. The summed E-state index contributed by atoms with van der Waals surface area (Å²) in [6.07, 6.45) is 0.0683. The predicted octanol–water partition coefficient (Wildman–Crippen LogP) is 2.95. The minimum Gasteiger partial charge on any atom is -1.00 e. The first-order valence-electron chi connectivity index (χ1n) is 11.9. The summed E-state index contributed by atoms with van der Waals surface area (Å²) < 4.78 is 0. The molecule has 4 nitrogen and oxygen atoms in total. The minimum absolute atomic E-state index is 0. The molecule has 5 heteroatoms. The lowest BCUT2D eigenvalue weighted by atomic mass is 10.1. The Balaban J connectivity index is 0.00000267. The Morgan fingerprint density at radius 1 is 0.472 bits per heavy atom. The number of anilines is 2. The van der Waals surface area contributed by atoms with Crippen LogP contribution in [-0.4, -0.2) is 0 Å². The van der Waals surface area contributed by atoms with E-state index in [-0.39, 0.29) is 18.6 Å². The Morgan fingerprint density at radius 3 is 1.39 bits per heavy atom. The third kappa shape index (κ3) is 4.83. The maximum Gasteiger partial charge on any atom is 0.208 e. The lowest BCUT2D eigenvalue weighted by molar-refractivity contribution is -0.691. The van der Waals surface area contributed by atoms with E-state index in [1.807, 2.05) is 12.1 Å². The van der Waals surface area contributed by atoms with E-state index in [1.54, 1.807) is 0 Å². The highest BCUT2D eigenvalue weighted by atomic mass is 35.5. The van der Waals surface area contributed by atoms with Gasteiger partial charge in [-0.3, -0.25) is 0 Å². The molecule has 0 spiro atoms. The van der Waals surface area contributed by atoms with Crippen molar-refractivity contribution in [3.05, 3.63) is 145 Å². The molecule has 3 N–H and O–H groups in total. The fraction of sp³-hybridized carbons (Fsp3) is 0.0323. The van der Waals surface area contributed by atoms with Gasteiger partial charge in [-0.25, -0.2) is 5.43 Å². The second kappa shape index (κ2) is 10.7. The van der Waals surface area contributed by atoms with Gasteiger partial charge in [0.25, 0.3) is 0 Å². The molecule has 0 aliphatic carbocycles. The van der Waals surface area contributed by atoms with Crippen molar-refractivity contribution in [2.75, 3.05) is 10.2 Å². The van der Waals surface area contributed by atoms with E-state index in [0.717, 1.165) is 11.4 Å². The van der Waals surface area contributed by atoms with Gasteiger partial charge in [-0.1, -0.05) is 115 Å². The number of rotatable bonds is 5. The van der Waals surface area contributed by atoms with Gasteiger partial charge in [-0.2, -0.15) is 10.5 Å². The van der Waals surface area contributed by atoms with E-state index in [0.29, 0.717) is 0 Å². The van der Waals surface area contributed by atoms with Gasteiger partial charge in [0.1, 0.15) is 5.69 Å². The molecule has 36 heavy (non-hydrogen) atoms. The largest absolute Gasteiger partial charge is 1.00 e. The molecule has 1 aliphatic rings. The van der Waals surface area contributed by atoms with Crippen LogP contribution in [0.15, 0.2) is 140 Å². The van der Waals surface area contributed by atoms with Crippen LogP contribution < -0.4 is 33.5 Å². The van der Waals surface area contributed by atoms with Crippen LogP contribution in [0.4, 0.5) is 11.4 Å². The third-order valence-electron chi connectivity index (χ3n) is 6.38. The lowest BCUT2D eigenvalue weighted by Gasteiger charge is -2.25. The van der Waals surface area contributed by atoms with Gasteiger partial charge in [0.15, 0.2) is 0 Å². The number of halogens is 1. The third-order valence-corrected chi connectivity index (χ3v) is 6.38. The SMILES string of the molecule is [Cl-].c1ccc(-c2ccc(N3NC(c4ccccc4)[NH2+]N3c3ccc(-c4ccccc4)cc3)cc2)cc1. The second-order valence-electron chi connectivity index (χ2n) is 8.65. The van der Waals surface area contributed by atoms with E-state index < -0.39 is 0 Å². The van der Waals surface area contributed by atoms with Gasteiger partial charge in [0.05, 0.1) is 5.69 Å². The van der Waals surface area contributed by atoms with E-state index in [4.69, 9.17) is 0 Å². The monoisotopic (exact) mass is 490 g/mol. The molecule has 0 radical (unpaired) electrons. The normalized spacial score (nSPS) is 14.9. The standard InChI is InChI=1S/C31H26N4.ClH/c1-4-10-24(11-5-1)26-16-20-29(21-17-26)34-32-31(28-14-8-3-9-15-28)33-35(34)30-22-18-27(19-23-30)25-12-6-2-7-13-25;/h1-23,31-33H;1H. The summed E-state index contributed by atoms with van der Waals surface area (Å²) in [5, 5.41) is 4.33. The maximum absolute atomic E-state index is 3.68. The Morgan fingerprint density at radius 2 is 0.889 bits per heavy atom. The average Bonchev–Trinajstić information content (AvgIpc) is 3.40. The van der Waals surface area contributed by atoms with Gasteiger partial charge < -0.3 is 12.4 Å². The summed E-state index contributed by atoms with van der Waals surface area (Å²) in [5.74, 6) is 0. The highest BCUT2D eigenvalue weighted by molar-refractivity contribution is 5.69. The molecule has 1 heterocycles. The number of nitrogens with zero attached hydrogens (tertiary/aromatic N) is 2. The minimum atomic E-state index is 0. The summed E-state index contributed by atoms with van der Waals surface area (Å²) in [7, 11) is 0. The van der Waals surface area contributed by atoms with Crippen LogP contribution in [0, 0.1) is 0 Å². The molecule has 1 aliphatic heterocycles. The van der Waals surface area contributed by atoms with Gasteiger partial charge in [0, 0.05) is 5.56 Å². The smallest absolute Gasteiger partial charge is 0.208 e. The Bertz CT molecular complexity index is 1290. The zero-order valence-electron chi connectivity index (χ0n) is 19.7. The van der Waals surface area contributed by atoms with Gasteiger partial charge in [-0.15, -0.1) is 5.12 Å². The van der Waals surface area contributed by atoms with Crippen molar-refractivity contribution >= 4 is 11.4 Å². The highest BCUT2D eigenvalue weighted by Gasteiger charge is 2.35. The van der Waals surface area contributed by atoms with E-state index >= 15 is 0 Å². The summed E-state index contributed by atoms with van der Waals surface area (Å²) in [5.41, 5.74) is 14.2. The Kier molecular flexibility index (Phi) is 7.01. The van der Waals surface area contributed by atoms with E-state index in [1.165, 1.54) is 27.8 Å². The molecule has 0 amide bonds. The molecule has 1 atom stereocenters. The van der Waals surface area contributed by atoms with Crippen molar-refractivity contribution in [1.29, 1.82) is 0 Å². The fourth-order valence-electron chi connectivity index (χ4n) is 4.52. The molecule has 1 fully saturated rings. The molecule has 1 saturated heterocycles. The zero-order valence-corrected chi connectivity index (χ0v) is 20.5. The molecule has 178 valence electrons. The number of nitrogens with one attached hydrogen (secondary N) is 1. The fourth-order valence-corrected chi connectivity index (χ4v) is 4.52. The first-order valence-corrected chi connectivity index (χ1v) is 11.9. The molecular weight excluding hydrogens is 464 g/mol. The molecule has 0 saturated carbocycles. The van der Waals surface area contributed by atoms with Crippen LogP contribution in [0.1, 0.15) is 11.7 Å². The van der Waals surface area contributed by atoms with Crippen LogP contribution in [-0.2, 0) is 0 Å². The molecule has 0 aromatic heterocycles. The average molecular weight is 491 g/mol. The number of quaternary nitrogens is 1. The molecular formula is C31H27ClN4. The van der Waals surface area contributed by atoms with Crippen molar-refractivity contribution in [3.8, 4) is 22.3 Å². The van der Waals surface area contributed by atoms with Crippen molar-refractivity contribution in [2.45, 2.75) is 6.17 Å². The number of hydrogen-bond acceptors (Lipinski definition) is 3. The maximum atomic E-state index is 3.68. The predicted molar refractivity (Wildman–Crippen MR) is 143 cm³/mol. The van der Waals surface area contributed by atoms with Crippen molar-refractivity contribution in [1.82, 2.24) is 5.43 Å². The summed E-state index contributed by atoms with van der Waals surface area (Å²) in [6.45, 7) is 0. The molecule has 1 unspecified atom stereocenters. The van der Waals surface area contributed by atoms with Crippen LogP contribution in [0.5, 0.6) is 0 Å². The lowest BCUT2D eigenvalue weighted by Crippen LogP contribution is -3.00. The first kappa shape index (κ1) is 23.6. The van der Waals surface area contributed by atoms with Gasteiger partial charge in [-0.05, 0) is 46.5 Å². The van der Waals surface area contributed by atoms with Crippen molar-refractivity contribution in [3.63, 3.8) is 0 Å². The molecule has 5 aromatic carbocycles. The molecule has 0 bridgehead atoms. The Hall–Kier alpha value is -4.09. The number of nitrogens with two attached hydrogens (primary N) is 1. The summed E-state index contributed by atoms with van der Waals surface area (Å²) in [4.78, 5) is 0. The zero-order chi connectivity index (χ0) is 23.5. The number of hydrogen-bond donors (Lipinski definition) is 2. The number of hydrazine groups is 2. The quantitative estimate of drug-likeness (QED) is 0.372. The van der Waals surface area contributed by atoms with Crippen molar-refractivity contribution < 1.29 is 17.8 Å². The second-order valence-corrected chi connectivity index (χ2v) is 8.65. The van der Waals surface area contributed by atoms with Crippen molar-refractivity contribution in [2.24, 2.45) is 0 Å². The van der Waals surface area contributed by atoms with E-state index in [9.17, 15) is 0 Å². The summed E-state index contributed by atoms with van der Waals surface area (Å²) in [6, 6.07) is 48.9. The van der Waals surface area contributed by atoms with Crippen LogP contribution in [0.2, 0.25) is 0 Å². The van der Waals surface area contributed by atoms with Gasteiger partial charge in [0.2, 0.25) is 6.17 Å². The first-order chi connectivity index (χ1) is 17.3.